The van der Waals surface area contributed by atoms with E-state index in [1.165, 1.54) is 51.9 Å². The number of hydrogen-bond acceptors (Lipinski definition) is 2. The lowest BCUT2D eigenvalue weighted by Crippen LogP contribution is -1.95. The van der Waals surface area contributed by atoms with Crippen LogP contribution in [0.1, 0.15) is 72.6 Å². The van der Waals surface area contributed by atoms with Crippen molar-refractivity contribution in [1.29, 1.82) is 0 Å². The predicted octanol–water partition coefficient (Wildman–Crippen LogP) is 4.33. The Labute approximate surface area is 95.4 Å². The standard InChI is InChI=1S/C9H20.C4H8O2/c1-3-5-7-9-8-6-4-2;1-3-6-4(2)5/h3-9H2,1-2H3;3H2,1-2H3. The van der Waals surface area contributed by atoms with Crippen molar-refractivity contribution in [2.75, 3.05) is 6.61 Å². The predicted molar refractivity (Wildman–Crippen MR) is 66.0 cm³/mol. The Morgan fingerprint density at radius 1 is 0.867 bits per heavy atom. The molecule has 0 aliphatic heterocycles. The molecule has 0 aromatic carbocycles. The van der Waals surface area contributed by atoms with Crippen LogP contribution in [0.25, 0.3) is 0 Å². The molecular weight excluding hydrogens is 188 g/mol. The summed E-state index contributed by atoms with van der Waals surface area (Å²) in [7, 11) is 0. The van der Waals surface area contributed by atoms with Crippen LogP contribution in [0.2, 0.25) is 0 Å². The zero-order valence-electron chi connectivity index (χ0n) is 11.0. The van der Waals surface area contributed by atoms with Crippen LogP contribution >= 0.6 is 0 Å². The van der Waals surface area contributed by atoms with Gasteiger partial charge in [-0.05, 0) is 6.92 Å². The third-order valence-electron chi connectivity index (χ3n) is 2.05. The van der Waals surface area contributed by atoms with Crippen LogP contribution in [0, 0.1) is 0 Å². The Morgan fingerprint density at radius 3 is 1.47 bits per heavy atom. The highest BCUT2D eigenvalue weighted by atomic mass is 16.5. The summed E-state index contributed by atoms with van der Waals surface area (Å²) in [5.74, 6) is -0.211. The van der Waals surface area contributed by atoms with Gasteiger partial charge in [0.25, 0.3) is 0 Å². The second-order valence-electron chi connectivity index (χ2n) is 3.69. The normalized spacial score (nSPS) is 9.07. The number of carbonyl (C=O) groups excluding carboxylic acids is 1. The fourth-order valence-corrected chi connectivity index (χ4v) is 1.23. The minimum Gasteiger partial charge on any atom is -0.466 e. The summed E-state index contributed by atoms with van der Waals surface area (Å²) in [6, 6.07) is 0. The van der Waals surface area contributed by atoms with Crippen LogP contribution in [0.4, 0.5) is 0 Å². The van der Waals surface area contributed by atoms with Gasteiger partial charge in [0, 0.05) is 6.92 Å². The highest BCUT2D eigenvalue weighted by Crippen LogP contribution is 2.05. The molecule has 0 heterocycles. The van der Waals surface area contributed by atoms with E-state index in [0.29, 0.717) is 6.61 Å². The summed E-state index contributed by atoms with van der Waals surface area (Å²) in [5.41, 5.74) is 0. The van der Waals surface area contributed by atoms with Gasteiger partial charge in [-0.2, -0.15) is 0 Å². The first-order valence-electron chi connectivity index (χ1n) is 6.32. The van der Waals surface area contributed by atoms with E-state index >= 15 is 0 Å². The summed E-state index contributed by atoms with van der Waals surface area (Å²) in [4.78, 5) is 9.82. The van der Waals surface area contributed by atoms with E-state index in [4.69, 9.17) is 0 Å². The fraction of sp³-hybridized carbons (Fsp3) is 0.923. The molecule has 2 heteroatoms. The summed E-state index contributed by atoms with van der Waals surface area (Å²) < 4.78 is 4.40. The molecule has 0 saturated carbocycles. The van der Waals surface area contributed by atoms with Crippen molar-refractivity contribution in [3.63, 3.8) is 0 Å². The molecule has 0 N–H and O–H groups in total. The highest BCUT2D eigenvalue weighted by Gasteiger charge is 1.85. The third-order valence-corrected chi connectivity index (χ3v) is 2.05. The molecule has 0 radical (unpaired) electrons. The zero-order valence-corrected chi connectivity index (χ0v) is 11.0. The Balaban J connectivity index is 0. The smallest absolute Gasteiger partial charge is 0.302 e. The lowest BCUT2D eigenvalue weighted by atomic mass is 10.1. The van der Waals surface area contributed by atoms with Gasteiger partial charge in [-0.3, -0.25) is 4.79 Å². The number of rotatable bonds is 7. The van der Waals surface area contributed by atoms with E-state index in [0.717, 1.165) is 0 Å². The van der Waals surface area contributed by atoms with Crippen molar-refractivity contribution in [3.8, 4) is 0 Å². The van der Waals surface area contributed by atoms with E-state index in [-0.39, 0.29) is 5.97 Å². The average Bonchev–Trinajstić information content (AvgIpc) is 2.18. The molecule has 0 spiro atoms. The van der Waals surface area contributed by atoms with E-state index in [1.807, 2.05) is 0 Å². The highest BCUT2D eigenvalue weighted by molar-refractivity contribution is 5.65. The van der Waals surface area contributed by atoms with Crippen LogP contribution in [-0.2, 0) is 9.53 Å². The third kappa shape index (κ3) is 24.7. The molecule has 0 atom stereocenters. The fourth-order valence-electron chi connectivity index (χ4n) is 1.23. The van der Waals surface area contributed by atoms with Gasteiger partial charge in [0.2, 0.25) is 0 Å². The maximum Gasteiger partial charge on any atom is 0.302 e. The van der Waals surface area contributed by atoms with Crippen molar-refractivity contribution in [1.82, 2.24) is 0 Å². The van der Waals surface area contributed by atoms with Crippen molar-refractivity contribution in [2.45, 2.75) is 72.6 Å². The molecular formula is C13H28O2. The molecule has 0 aliphatic rings. The van der Waals surface area contributed by atoms with Crippen molar-refractivity contribution < 1.29 is 9.53 Å². The van der Waals surface area contributed by atoms with Crippen molar-refractivity contribution in [3.05, 3.63) is 0 Å². The van der Waals surface area contributed by atoms with Crippen LogP contribution in [-0.4, -0.2) is 12.6 Å². The molecule has 0 bridgehead atoms. The van der Waals surface area contributed by atoms with E-state index in [9.17, 15) is 4.79 Å². The molecule has 92 valence electrons. The van der Waals surface area contributed by atoms with Gasteiger partial charge in [0.05, 0.1) is 6.61 Å². The van der Waals surface area contributed by atoms with Gasteiger partial charge in [0.15, 0.2) is 0 Å². The van der Waals surface area contributed by atoms with Gasteiger partial charge in [0.1, 0.15) is 0 Å². The van der Waals surface area contributed by atoms with Crippen LogP contribution < -0.4 is 0 Å². The second-order valence-corrected chi connectivity index (χ2v) is 3.69. The first-order chi connectivity index (χ1) is 7.18. The number of unbranched alkanes of at least 4 members (excludes halogenated alkanes) is 6. The topological polar surface area (TPSA) is 26.3 Å². The molecule has 2 nitrogen and oxygen atoms in total. The van der Waals surface area contributed by atoms with E-state index in [1.54, 1.807) is 6.92 Å². The molecule has 15 heavy (non-hydrogen) atoms. The first kappa shape index (κ1) is 16.9. The minimum absolute atomic E-state index is 0.211. The average molecular weight is 216 g/mol. The van der Waals surface area contributed by atoms with Gasteiger partial charge in [-0.1, -0.05) is 58.8 Å². The Morgan fingerprint density at radius 2 is 1.27 bits per heavy atom. The lowest BCUT2D eigenvalue weighted by molar-refractivity contribution is -0.140. The monoisotopic (exact) mass is 216 g/mol. The Kier molecular flexibility index (Phi) is 17.9. The molecule has 0 amide bonds. The molecule has 0 aromatic heterocycles. The molecule has 0 unspecified atom stereocenters. The minimum atomic E-state index is -0.211. The largest absolute Gasteiger partial charge is 0.466 e. The van der Waals surface area contributed by atoms with Crippen LogP contribution in [0.15, 0.2) is 0 Å². The SMILES string of the molecule is CCCCCCCCC.CCOC(C)=O. The van der Waals surface area contributed by atoms with Gasteiger partial charge >= 0.3 is 5.97 Å². The number of esters is 1. The molecule has 0 saturated heterocycles. The zero-order chi connectivity index (χ0) is 11.9. The maximum absolute atomic E-state index is 9.82. The number of ether oxygens (including phenoxy) is 1. The summed E-state index contributed by atoms with van der Waals surface area (Å²) in [5, 5.41) is 0. The Hall–Kier alpha value is -0.530. The molecule has 0 rings (SSSR count). The Bertz CT molecular complexity index is 116. The van der Waals surface area contributed by atoms with Crippen molar-refractivity contribution >= 4 is 5.97 Å². The number of hydrogen-bond donors (Lipinski definition) is 0. The first-order valence-corrected chi connectivity index (χ1v) is 6.32. The van der Waals surface area contributed by atoms with E-state index < -0.39 is 0 Å². The molecule has 0 aliphatic carbocycles. The van der Waals surface area contributed by atoms with Crippen LogP contribution in [0.5, 0.6) is 0 Å². The summed E-state index contributed by atoms with van der Waals surface area (Å²) >= 11 is 0. The summed E-state index contributed by atoms with van der Waals surface area (Å²) in [6.45, 7) is 8.18. The van der Waals surface area contributed by atoms with Crippen molar-refractivity contribution in [2.24, 2.45) is 0 Å². The summed E-state index contributed by atoms with van der Waals surface area (Å²) in [6.07, 6.45) is 9.97. The number of carbonyl (C=O) groups is 1. The molecule has 0 fully saturated rings. The van der Waals surface area contributed by atoms with E-state index in [2.05, 4.69) is 18.6 Å². The lowest BCUT2D eigenvalue weighted by Gasteiger charge is -1.96. The quantitative estimate of drug-likeness (QED) is 0.468. The van der Waals surface area contributed by atoms with Gasteiger partial charge < -0.3 is 4.74 Å². The second kappa shape index (κ2) is 15.9. The molecule has 0 aromatic rings. The van der Waals surface area contributed by atoms with Crippen LogP contribution in [0.3, 0.4) is 0 Å². The maximum atomic E-state index is 9.82. The van der Waals surface area contributed by atoms with Gasteiger partial charge in [-0.15, -0.1) is 0 Å². The van der Waals surface area contributed by atoms with Gasteiger partial charge in [-0.25, -0.2) is 0 Å².